The fraction of sp³-hybridized carbons (Fsp3) is 0.462. The molecule has 4 atom stereocenters. The second-order valence-electron chi connectivity index (χ2n) is 5.17. The van der Waals surface area contributed by atoms with Crippen molar-refractivity contribution in [3.63, 3.8) is 0 Å². The highest BCUT2D eigenvalue weighted by Gasteiger charge is 2.45. The number of hydrogen-bond acceptors (Lipinski definition) is 6. The summed E-state index contributed by atoms with van der Waals surface area (Å²) in [4.78, 5) is 19.2. The number of alkyl halides is 1. The molecule has 8 nitrogen and oxygen atoms in total. The molecule has 2 aromatic rings. The molecule has 1 saturated heterocycles. The van der Waals surface area contributed by atoms with Gasteiger partial charge in [0, 0.05) is 13.1 Å². The Bertz CT molecular complexity index is 755. The molecule has 1 aliphatic rings. The van der Waals surface area contributed by atoms with Crippen LogP contribution in [0.1, 0.15) is 13.2 Å². The Morgan fingerprint density at radius 3 is 2.91 bits per heavy atom. The van der Waals surface area contributed by atoms with Gasteiger partial charge in [0.2, 0.25) is 11.2 Å². The average Bonchev–Trinajstić information content (AvgIpc) is 3.01. The van der Waals surface area contributed by atoms with Crippen LogP contribution in [0.15, 0.2) is 12.3 Å². The number of nitrogens with one attached hydrogen (secondary N) is 1. The molecule has 3 rings (SSSR count). The standard InChI is InChI=1S/C13H14ClFN4O4/c1-5(21)16-10-6-2-3-19(11(6)18-13(14)17-10)12-8(15)9(22)7(4-20)23-12/h2-3,7-9,12,20,22H,4H2,1H3,(H,16,17,18,21). The van der Waals surface area contributed by atoms with E-state index in [-0.39, 0.29) is 22.7 Å². The number of ether oxygens (including phenoxy) is 1. The van der Waals surface area contributed by atoms with Crippen molar-refractivity contribution in [3.05, 3.63) is 17.5 Å². The number of aliphatic hydroxyl groups is 2. The average molecular weight is 345 g/mol. The van der Waals surface area contributed by atoms with E-state index in [0.29, 0.717) is 5.39 Å². The van der Waals surface area contributed by atoms with E-state index in [0.717, 1.165) is 0 Å². The van der Waals surface area contributed by atoms with Crippen molar-refractivity contribution in [3.8, 4) is 0 Å². The van der Waals surface area contributed by atoms with Gasteiger partial charge < -0.3 is 24.8 Å². The first kappa shape index (κ1) is 16.1. The molecule has 3 N–H and O–H groups in total. The Morgan fingerprint density at radius 1 is 1.57 bits per heavy atom. The van der Waals surface area contributed by atoms with E-state index in [1.165, 1.54) is 17.7 Å². The summed E-state index contributed by atoms with van der Waals surface area (Å²) < 4.78 is 21.0. The van der Waals surface area contributed by atoms with E-state index in [2.05, 4.69) is 15.3 Å². The molecule has 0 aliphatic carbocycles. The van der Waals surface area contributed by atoms with Crippen molar-refractivity contribution in [2.45, 2.75) is 31.5 Å². The number of aliphatic hydroxyl groups excluding tert-OH is 2. The van der Waals surface area contributed by atoms with Crippen molar-refractivity contribution in [2.24, 2.45) is 0 Å². The first-order valence-corrected chi connectivity index (χ1v) is 7.20. The molecule has 4 unspecified atom stereocenters. The van der Waals surface area contributed by atoms with Gasteiger partial charge in [-0.15, -0.1) is 0 Å². The largest absolute Gasteiger partial charge is 0.394 e. The Labute approximate surface area is 134 Å². The van der Waals surface area contributed by atoms with Gasteiger partial charge in [0.1, 0.15) is 23.7 Å². The maximum Gasteiger partial charge on any atom is 0.226 e. The van der Waals surface area contributed by atoms with E-state index >= 15 is 0 Å². The fourth-order valence-corrected chi connectivity index (χ4v) is 2.72. The lowest BCUT2D eigenvalue weighted by atomic mass is 10.1. The van der Waals surface area contributed by atoms with Crippen LogP contribution in [0.5, 0.6) is 0 Å². The van der Waals surface area contributed by atoms with Gasteiger partial charge in [0.05, 0.1) is 12.0 Å². The van der Waals surface area contributed by atoms with Gasteiger partial charge in [-0.1, -0.05) is 0 Å². The molecule has 1 fully saturated rings. The molecule has 0 spiro atoms. The molecule has 0 aromatic carbocycles. The van der Waals surface area contributed by atoms with Crippen molar-refractivity contribution < 1.29 is 24.1 Å². The van der Waals surface area contributed by atoms with Gasteiger partial charge in [0.25, 0.3) is 0 Å². The van der Waals surface area contributed by atoms with Crippen molar-refractivity contribution in [1.82, 2.24) is 14.5 Å². The molecular formula is C13H14ClFN4O4. The Kier molecular flexibility index (Phi) is 4.19. The lowest BCUT2D eigenvalue weighted by molar-refractivity contribution is -0.114. The van der Waals surface area contributed by atoms with Crippen molar-refractivity contribution >= 4 is 34.4 Å². The number of amides is 1. The van der Waals surface area contributed by atoms with Gasteiger partial charge >= 0.3 is 0 Å². The number of rotatable bonds is 3. The molecule has 0 bridgehead atoms. The Morgan fingerprint density at radius 2 is 2.30 bits per heavy atom. The van der Waals surface area contributed by atoms with E-state index in [1.54, 1.807) is 6.07 Å². The molecule has 10 heteroatoms. The minimum atomic E-state index is -1.75. The van der Waals surface area contributed by atoms with Crippen LogP contribution in [-0.4, -0.2) is 55.6 Å². The zero-order chi connectivity index (χ0) is 16.7. The summed E-state index contributed by atoms with van der Waals surface area (Å²) >= 11 is 5.85. The van der Waals surface area contributed by atoms with Gasteiger partial charge in [-0.05, 0) is 17.7 Å². The number of halogens is 2. The second kappa shape index (κ2) is 6.00. The van der Waals surface area contributed by atoms with Crippen molar-refractivity contribution in [2.75, 3.05) is 11.9 Å². The van der Waals surface area contributed by atoms with E-state index in [1.807, 2.05) is 0 Å². The molecule has 1 aliphatic heterocycles. The SMILES string of the molecule is CC(=O)Nc1nc(Cl)nc2c1ccn2C1OC(CO)C(O)C1F. The van der Waals surface area contributed by atoms with Gasteiger partial charge in [-0.25, -0.2) is 4.39 Å². The molecule has 23 heavy (non-hydrogen) atoms. The van der Waals surface area contributed by atoms with Crippen LogP contribution in [0, 0.1) is 0 Å². The number of fused-ring (bicyclic) bond motifs is 1. The summed E-state index contributed by atoms with van der Waals surface area (Å²) in [5.74, 6) is -0.149. The van der Waals surface area contributed by atoms with Gasteiger partial charge in [0.15, 0.2) is 12.4 Å². The Hall–Kier alpha value is -1.81. The van der Waals surface area contributed by atoms with Crippen molar-refractivity contribution in [1.29, 1.82) is 0 Å². The molecule has 3 heterocycles. The third kappa shape index (κ3) is 2.76. The lowest BCUT2D eigenvalue weighted by Crippen LogP contribution is -2.30. The maximum atomic E-state index is 14.3. The predicted molar refractivity (Wildman–Crippen MR) is 78.7 cm³/mol. The monoisotopic (exact) mass is 344 g/mol. The number of anilines is 1. The fourth-order valence-electron chi connectivity index (χ4n) is 2.55. The van der Waals surface area contributed by atoms with E-state index in [9.17, 15) is 14.3 Å². The minimum Gasteiger partial charge on any atom is -0.394 e. The van der Waals surface area contributed by atoms with Crippen LogP contribution in [0.25, 0.3) is 11.0 Å². The minimum absolute atomic E-state index is 0.131. The van der Waals surface area contributed by atoms with E-state index < -0.39 is 31.2 Å². The molecule has 1 amide bonds. The van der Waals surface area contributed by atoms with Crippen LogP contribution in [0.2, 0.25) is 5.28 Å². The molecule has 124 valence electrons. The zero-order valence-electron chi connectivity index (χ0n) is 12.0. The van der Waals surface area contributed by atoms with E-state index in [4.69, 9.17) is 21.4 Å². The third-order valence-corrected chi connectivity index (χ3v) is 3.76. The number of nitrogens with zero attached hydrogens (tertiary/aromatic N) is 3. The lowest BCUT2D eigenvalue weighted by Gasteiger charge is -2.16. The predicted octanol–water partition coefficient (Wildman–Crippen LogP) is 0.632. The van der Waals surface area contributed by atoms with Gasteiger partial charge in [-0.3, -0.25) is 4.79 Å². The number of hydrogen-bond donors (Lipinski definition) is 3. The summed E-state index contributed by atoms with van der Waals surface area (Å²) in [6.45, 7) is 0.808. The molecule has 0 radical (unpaired) electrons. The summed E-state index contributed by atoms with van der Waals surface area (Å²) in [5.41, 5.74) is 0.243. The normalized spacial score (nSPS) is 27.5. The Balaban J connectivity index is 2.06. The van der Waals surface area contributed by atoms with Crippen LogP contribution >= 0.6 is 11.6 Å². The summed E-state index contributed by atoms with van der Waals surface area (Å²) in [7, 11) is 0. The summed E-state index contributed by atoms with van der Waals surface area (Å²) in [6, 6.07) is 1.58. The van der Waals surface area contributed by atoms with Crippen LogP contribution in [0.4, 0.5) is 10.2 Å². The topological polar surface area (TPSA) is 110 Å². The highest BCUT2D eigenvalue weighted by atomic mass is 35.5. The van der Waals surface area contributed by atoms with Gasteiger partial charge in [-0.2, -0.15) is 9.97 Å². The molecule has 2 aromatic heterocycles. The van der Waals surface area contributed by atoms with Crippen LogP contribution in [-0.2, 0) is 9.53 Å². The first-order chi connectivity index (χ1) is 10.9. The highest BCUT2D eigenvalue weighted by Crippen LogP contribution is 2.35. The highest BCUT2D eigenvalue weighted by molar-refractivity contribution is 6.28. The summed E-state index contributed by atoms with van der Waals surface area (Å²) in [6.07, 6.45) is -3.91. The number of carbonyl (C=O) groups excluding carboxylic acids is 1. The number of aromatic nitrogens is 3. The second-order valence-corrected chi connectivity index (χ2v) is 5.50. The quantitative estimate of drug-likeness (QED) is 0.705. The molecule has 0 saturated carbocycles. The third-order valence-electron chi connectivity index (χ3n) is 3.59. The maximum absolute atomic E-state index is 14.3. The smallest absolute Gasteiger partial charge is 0.226 e. The first-order valence-electron chi connectivity index (χ1n) is 6.82. The van der Waals surface area contributed by atoms with Crippen LogP contribution in [0.3, 0.4) is 0 Å². The zero-order valence-corrected chi connectivity index (χ0v) is 12.7. The molecular weight excluding hydrogens is 331 g/mol. The number of carbonyl (C=O) groups is 1. The van der Waals surface area contributed by atoms with Crippen LogP contribution < -0.4 is 5.32 Å². The summed E-state index contributed by atoms with van der Waals surface area (Å²) in [5, 5.41) is 21.7.